The SMILES string of the molecule is Cc1ccc(-n2c(=O)c3ccccc3n3c(SCc4ncc(-c5ccccc5)o4)nnc23)cc1. The van der Waals surface area contributed by atoms with Crippen molar-refractivity contribution >= 4 is 28.4 Å². The molecule has 34 heavy (non-hydrogen) atoms. The standard InChI is InChI=1S/C26H19N5O2S/c1-17-11-13-19(14-12-17)30-24(32)20-9-5-6-10-21(20)31-25(30)28-29-26(31)34-16-23-27-15-22(33-23)18-7-3-2-4-8-18/h2-15H,16H2,1H3. The number of benzene rings is 3. The Hall–Kier alpha value is -4.17. The first-order chi connectivity index (χ1) is 16.7. The molecule has 0 atom stereocenters. The molecule has 0 aliphatic rings. The first kappa shape index (κ1) is 20.4. The molecule has 0 fully saturated rings. The van der Waals surface area contributed by atoms with Crippen LogP contribution >= 0.6 is 11.8 Å². The van der Waals surface area contributed by atoms with Crippen molar-refractivity contribution in [1.29, 1.82) is 0 Å². The molecule has 0 unspecified atom stereocenters. The van der Waals surface area contributed by atoms with E-state index in [2.05, 4.69) is 15.2 Å². The van der Waals surface area contributed by atoms with Crippen LogP contribution in [-0.4, -0.2) is 24.1 Å². The number of aryl methyl sites for hydroxylation is 1. The van der Waals surface area contributed by atoms with E-state index < -0.39 is 0 Å². The lowest BCUT2D eigenvalue weighted by Gasteiger charge is -2.11. The predicted octanol–water partition coefficient (Wildman–Crippen LogP) is 5.29. The van der Waals surface area contributed by atoms with Crippen LogP contribution in [-0.2, 0) is 5.75 Å². The number of aromatic nitrogens is 5. The van der Waals surface area contributed by atoms with E-state index in [1.54, 1.807) is 10.8 Å². The largest absolute Gasteiger partial charge is 0.440 e. The molecule has 0 aliphatic heterocycles. The summed E-state index contributed by atoms with van der Waals surface area (Å²) in [6, 6.07) is 25.2. The molecule has 166 valence electrons. The van der Waals surface area contributed by atoms with Crippen molar-refractivity contribution < 1.29 is 4.42 Å². The van der Waals surface area contributed by atoms with Crippen molar-refractivity contribution in [3.8, 4) is 17.0 Å². The summed E-state index contributed by atoms with van der Waals surface area (Å²) in [5.74, 6) is 2.26. The molecule has 6 rings (SSSR count). The lowest BCUT2D eigenvalue weighted by molar-refractivity contribution is 0.530. The van der Waals surface area contributed by atoms with Crippen LogP contribution in [0.5, 0.6) is 0 Å². The summed E-state index contributed by atoms with van der Waals surface area (Å²) in [5, 5.41) is 10.1. The highest BCUT2D eigenvalue weighted by Crippen LogP contribution is 2.27. The number of fused-ring (bicyclic) bond motifs is 3. The van der Waals surface area contributed by atoms with E-state index in [0.29, 0.717) is 28.0 Å². The fourth-order valence-corrected chi connectivity index (χ4v) is 4.73. The monoisotopic (exact) mass is 465 g/mol. The van der Waals surface area contributed by atoms with Crippen molar-refractivity contribution in [3.05, 3.63) is 107 Å². The van der Waals surface area contributed by atoms with Crippen molar-refractivity contribution in [2.24, 2.45) is 0 Å². The smallest absolute Gasteiger partial charge is 0.267 e. The highest BCUT2D eigenvalue weighted by Gasteiger charge is 2.18. The number of para-hydroxylation sites is 1. The van der Waals surface area contributed by atoms with Crippen molar-refractivity contribution in [2.75, 3.05) is 0 Å². The van der Waals surface area contributed by atoms with Gasteiger partial charge < -0.3 is 4.42 Å². The Morgan fingerprint density at radius 2 is 1.68 bits per heavy atom. The Morgan fingerprint density at radius 3 is 2.50 bits per heavy atom. The van der Waals surface area contributed by atoms with Crippen LogP contribution in [0.4, 0.5) is 0 Å². The summed E-state index contributed by atoms with van der Waals surface area (Å²) in [7, 11) is 0. The molecule has 0 aliphatic carbocycles. The molecule has 3 aromatic heterocycles. The van der Waals surface area contributed by atoms with E-state index in [1.165, 1.54) is 11.8 Å². The highest BCUT2D eigenvalue weighted by molar-refractivity contribution is 7.98. The number of thioether (sulfide) groups is 1. The average Bonchev–Trinajstić information content (AvgIpc) is 3.52. The van der Waals surface area contributed by atoms with Crippen LogP contribution in [0.1, 0.15) is 11.5 Å². The van der Waals surface area contributed by atoms with Crippen LogP contribution in [0, 0.1) is 6.92 Å². The maximum Gasteiger partial charge on any atom is 0.267 e. The minimum absolute atomic E-state index is 0.129. The van der Waals surface area contributed by atoms with Gasteiger partial charge >= 0.3 is 0 Å². The summed E-state index contributed by atoms with van der Waals surface area (Å²) in [6.45, 7) is 2.01. The number of hydrogen-bond donors (Lipinski definition) is 0. The fraction of sp³-hybridized carbons (Fsp3) is 0.0769. The zero-order chi connectivity index (χ0) is 23.1. The maximum absolute atomic E-state index is 13.4. The average molecular weight is 466 g/mol. The molecule has 0 saturated carbocycles. The third-order valence-corrected chi connectivity index (χ3v) is 6.54. The predicted molar refractivity (Wildman–Crippen MR) is 132 cm³/mol. The normalized spacial score (nSPS) is 11.4. The molecular formula is C26H19N5O2S. The zero-order valence-corrected chi connectivity index (χ0v) is 19.1. The van der Waals surface area contributed by atoms with Gasteiger partial charge in [0.15, 0.2) is 10.9 Å². The van der Waals surface area contributed by atoms with E-state index in [1.807, 2.05) is 90.2 Å². The van der Waals surface area contributed by atoms with Gasteiger partial charge in [-0.25, -0.2) is 9.55 Å². The third kappa shape index (κ3) is 3.48. The summed E-state index contributed by atoms with van der Waals surface area (Å²) < 4.78 is 9.47. The van der Waals surface area contributed by atoms with Gasteiger partial charge in [0, 0.05) is 5.56 Å². The van der Waals surface area contributed by atoms with E-state index in [9.17, 15) is 4.79 Å². The Kier molecular flexibility index (Phi) is 5.00. The third-order valence-electron chi connectivity index (χ3n) is 5.62. The second kappa shape index (κ2) is 8.31. The summed E-state index contributed by atoms with van der Waals surface area (Å²) in [5.41, 5.74) is 3.47. The van der Waals surface area contributed by atoms with Gasteiger partial charge in [-0.1, -0.05) is 71.9 Å². The minimum Gasteiger partial charge on any atom is -0.440 e. The Bertz CT molecular complexity index is 1680. The number of oxazole rings is 1. The molecule has 0 N–H and O–H groups in total. The van der Waals surface area contributed by atoms with Gasteiger partial charge in [-0.2, -0.15) is 0 Å². The minimum atomic E-state index is -0.129. The lowest BCUT2D eigenvalue weighted by atomic mass is 10.2. The molecule has 7 nitrogen and oxygen atoms in total. The van der Waals surface area contributed by atoms with Gasteiger partial charge in [0.2, 0.25) is 11.7 Å². The van der Waals surface area contributed by atoms with Crippen LogP contribution in [0.15, 0.2) is 99.4 Å². The molecule has 3 heterocycles. The van der Waals surface area contributed by atoms with Gasteiger partial charge in [0.25, 0.3) is 5.56 Å². The second-order valence-electron chi connectivity index (χ2n) is 7.88. The maximum atomic E-state index is 13.4. The van der Waals surface area contributed by atoms with E-state index in [-0.39, 0.29) is 5.56 Å². The van der Waals surface area contributed by atoms with Crippen molar-refractivity contribution in [1.82, 2.24) is 24.1 Å². The van der Waals surface area contributed by atoms with Crippen LogP contribution in [0.3, 0.4) is 0 Å². The first-order valence-electron chi connectivity index (χ1n) is 10.8. The Morgan fingerprint density at radius 1 is 0.912 bits per heavy atom. The second-order valence-corrected chi connectivity index (χ2v) is 8.83. The van der Waals surface area contributed by atoms with Gasteiger partial charge in [-0.05, 0) is 31.2 Å². The summed E-state index contributed by atoms with van der Waals surface area (Å²) >= 11 is 1.46. The molecule has 0 saturated heterocycles. The van der Waals surface area contributed by atoms with Crippen molar-refractivity contribution in [2.45, 2.75) is 17.8 Å². The molecular weight excluding hydrogens is 446 g/mol. The fourth-order valence-electron chi connectivity index (χ4n) is 3.94. The first-order valence-corrected chi connectivity index (χ1v) is 11.8. The quantitative estimate of drug-likeness (QED) is 0.322. The summed E-state index contributed by atoms with van der Waals surface area (Å²) in [6.07, 6.45) is 1.73. The summed E-state index contributed by atoms with van der Waals surface area (Å²) in [4.78, 5) is 17.8. The lowest BCUT2D eigenvalue weighted by Crippen LogP contribution is -2.21. The molecule has 3 aromatic carbocycles. The Labute approximate surface area is 198 Å². The molecule has 0 spiro atoms. The van der Waals surface area contributed by atoms with Crippen LogP contribution in [0.25, 0.3) is 33.7 Å². The molecule has 0 radical (unpaired) electrons. The van der Waals surface area contributed by atoms with E-state index in [0.717, 1.165) is 28.1 Å². The molecule has 0 bridgehead atoms. The van der Waals surface area contributed by atoms with Gasteiger partial charge in [-0.3, -0.25) is 9.20 Å². The van der Waals surface area contributed by atoms with Crippen LogP contribution in [0.2, 0.25) is 0 Å². The highest BCUT2D eigenvalue weighted by atomic mass is 32.2. The topological polar surface area (TPSA) is 78.2 Å². The Balaban J connectivity index is 1.43. The van der Waals surface area contributed by atoms with Gasteiger partial charge in [0.05, 0.1) is 28.5 Å². The van der Waals surface area contributed by atoms with Crippen LogP contribution < -0.4 is 5.56 Å². The molecule has 0 amide bonds. The van der Waals surface area contributed by atoms with E-state index >= 15 is 0 Å². The van der Waals surface area contributed by atoms with Gasteiger partial charge in [0.1, 0.15) is 0 Å². The molecule has 8 heteroatoms. The number of nitrogens with zero attached hydrogens (tertiary/aromatic N) is 5. The van der Waals surface area contributed by atoms with E-state index in [4.69, 9.17) is 4.42 Å². The van der Waals surface area contributed by atoms with Crippen molar-refractivity contribution in [3.63, 3.8) is 0 Å². The van der Waals surface area contributed by atoms with Gasteiger partial charge in [-0.15, -0.1) is 10.2 Å². The zero-order valence-electron chi connectivity index (χ0n) is 18.3. The molecule has 6 aromatic rings. The number of rotatable bonds is 5. The number of hydrogen-bond acceptors (Lipinski definition) is 6.